The number of halogens is 1. The summed E-state index contributed by atoms with van der Waals surface area (Å²) in [5.74, 6) is -0.930. The zero-order chi connectivity index (χ0) is 38.1. The molecule has 2 aliphatic rings. The van der Waals surface area contributed by atoms with E-state index in [9.17, 15) is 9.59 Å². The van der Waals surface area contributed by atoms with Crippen molar-refractivity contribution in [3.05, 3.63) is 65.1 Å². The van der Waals surface area contributed by atoms with Crippen molar-refractivity contribution in [3.8, 4) is 10.6 Å². The number of fused-ring (bicyclic) bond motifs is 2. The summed E-state index contributed by atoms with van der Waals surface area (Å²) in [7, 11) is 0. The van der Waals surface area contributed by atoms with E-state index in [0.717, 1.165) is 21.5 Å². The minimum Gasteiger partial charge on any atom is -0.444 e. The number of nitrogens with zero attached hydrogens (tertiary/aromatic N) is 6. The number of rotatable bonds is 11. The van der Waals surface area contributed by atoms with Crippen molar-refractivity contribution < 1.29 is 28.5 Å². The van der Waals surface area contributed by atoms with Gasteiger partial charge in [0.2, 0.25) is 5.28 Å². The van der Waals surface area contributed by atoms with E-state index in [1.54, 1.807) is 33.5 Å². The molecule has 4 heterocycles. The number of aromatic nitrogens is 4. The lowest BCUT2D eigenvalue weighted by molar-refractivity contribution is -0.160. The third kappa shape index (κ3) is 9.67. The van der Waals surface area contributed by atoms with Crippen molar-refractivity contribution in [2.75, 3.05) is 26.2 Å². The monoisotopic (exact) mass is 766 g/mol. The Morgan fingerprint density at radius 2 is 1.62 bits per heavy atom. The van der Waals surface area contributed by atoms with Crippen LogP contribution in [0.1, 0.15) is 79.8 Å². The number of hydrogen-bond acceptors (Lipinski definition) is 10. The quantitative estimate of drug-likeness (QED) is 0.139. The number of hydrogen-bond donors (Lipinski definition) is 0. The van der Waals surface area contributed by atoms with Crippen LogP contribution in [0, 0.1) is 5.92 Å². The van der Waals surface area contributed by atoms with Gasteiger partial charge in [-0.1, -0.05) is 30.3 Å². The lowest BCUT2D eigenvalue weighted by Crippen LogP contribution is -2.44. The molecule has 4 aromatic rings. The Hall–Kier alpha value is -3.78. The van der Waals surface area contributed by atoms with Crippen LogP contribution in [-0.2, 0) is 25.4 Å². The highest BCUT2D eigenvalue weighted by molar-refractivity contribution is 7.13. The molecule has 3 aromatic heterocycles. The molecule has 1 saturated heterocycles. The topological polar surface area (TPSA) is 121 Å². The van der Waals surface area contributed by atoms with E-state index >= 15 is 0 Å². The van der Waals surface area contributed by atoms with Gasteiger partial charge in [0.1, 0.15) is 28.0 Å². The molecule has 0 spiro atoms. The first-order valence-corrected chi connectivity index (χ1v) is 19.5. The Kier molecular flexibility index (Phi) is 11.4. The molecule has 0 bridgehead atoms. The molecule has 0 N–H and O–H groups in total. The summed E-state index contributed by atoms with van der Waals surface area (Å²) in [6.07, 6.45) is 6.01. The molecule has 53 heavy (non-hydrogen) atoms. The van der Waals surface area contributed by atoms with Crippen molar-refractivity contribution in [1.29, 1.82) is 0 Å². The maximum absolute atomic E-state index is 13.9. The molecule has 4 atom stereocenters. The van der Waals surface area contributed by atoms with Gasteiger partial charge in [0.05, 0.1) is 12.1 Å². The SMILES string of the molecule is CC(C)(C)OC(=O)N(CCCN(C[C@H]1C[C@@H](n2cc(-c3nccs3)c3cnc(Cl)nc32)[C@@H]2OC(C)(C)O[C@H]12)C(=O)OC(C)(C)C)CCc1ccccc1. The first-order valence-electron chi connectivity index (χ1n) is 18.2. The summed E-state index contributed by atoms with van der Waals surface area (Å²) >= 11 is 7.89. The van der Waals surface area contributed by atoms with Crippen LogP contribution in [0.5, 0.6) is 0 Å². The predicted molar refractivity (Wildman–Crippen MR) is 205 cm³/mol. The van der Waals surface area contributed by atoms with Gasteiger partial charge in [0, 0.05) is 67.0 Å². The second kappa shape index (κ2) is 15.5. The van der Waals surface area contributed by atoms with Crippen LogP contribution >= 0.6 is 22.9 Å². The first-order chi connectivity index (χ1) is 25.0. The number of thiazole rings is 1. The van der Waals surface area contributed by atoms with Crippen molar-refractivity contribution in [2.24, 2.45) is 5.92 Å². The maximum atomic E-state index is 13.9. The molecule has 14 heteroatoms. The highest BCUT2D eigenvalue weighted by atomic mass is 35.5. The zero-order valence-corrected chi connectivity index (χ0v) is 33.4. The molecule has 12 nitrogen and oxygen atoms in total. The third-order valence-corrected chi connectivity index (χ3v) is 10.2. The van der Waals surface area contributed by atoms with Crippen molar-refractivity contribution in [2.45, 2.75) is 110 Å². The number of ether oxygens (including phenoxy) is 4. The molecule has 1 aliphatic heterocycles. The van der Waals surface area contributed by atoms with Gasteiger partial charge >= 0.3 is 12.2 Å². The van der Waals surface area contributed by atoms with Gasteiger partial charge in [-0.25, -0.2) is 19.6 Å². The molecule has 0 unspecified atom stereocenters. The fraction of sp³-hybridized carbons (Fsp3) is 0.564. The lowest BCUT2D eigenvalue weighted by Gasteiger charge is -2.32. The Bertz CT molecular complexity index is 1870. The van der Waals surface area contributed by atoms with E-state index in [4.69, 9.17) is 30.5 Å². The van der Waals surface area contributed by atoms with Crippen molar-refractivity contribution in [1.82, 2.24) is 29.3 Å². The summed E-state index contributed by atoms with van der Waals surface area (Å²) < 4.78 is 27.0. The van der Waals surface area contributed by atoms with Gasteiger partial charge in [-0.15, -0.1) is 11.3 Å². The molecule has 2 amide bonds. The number of carbonyl (C=O) groups excluding carboxylic acids is 2. The zero-order valence-electron chi connectivity index (χ0n) is 31.9. The number of benzene rings is 1. The molecule has 1 aliphatic carbocycles. The van der Waals surface area contributed by atoms with Gasteiger partial charge < -0.3 is 33.3 Å². The van der Waals surface area contributed by atoms with Crippen LogP contribution in [0.3, 0.4) is 0 Å². The first kappa shape index (κ1) is 38.9. The Morgan fingerprint density at radius 3 is 2.28 bits per heavy atom. The molecular formula is C39H51ClN6O6S. The average molecular weight is 767 g/mol. The predicted octanol–water partition coefficient (Wildman–Crippen LogP) is 8.40. The summed E-state index contributed by atoms with van der Waals surface area (Å²) in [5.41, 5.74) is 1.40. The smallest absolute Gasteiger partial charge is 0.410 e. The molecule has 6 rings (SSSR count). The Labute approximate surface area is 320 Å². The lowest BCUT2D eigenvalue weighted by atomic mass is 10.0. The Balaban J connectivity index is 1.24. The normalized spacial score (nSPS) is 21.1. The van der Waals surface area contributed by atoms with Gasteiger partial charge in [-0.3, -0.25) is 0 Å². The minimum atomic E-state index is -0.830. The molecule has 0 radical (unpaired) electrons. The van der Waals surface area contributed by atoms with Gasteiger partial charge in [0.25, 0.3) is 0 Å². The summed E-state index contributed by atoms with van der Waals surface area (Å²) in [6, 6.07) is 9.89. The average Bonchev–Trinajstić information content (AvgIpc) is 3.84. The second-order valence-corrected chi connectivity index (χ2v) is 17.5. The fourth-order valence-electron chi connectivity index (χ4n) is 7.15. The molecule has 2 fully saturated rings. The van der Waals surface area contributed by atoms with E-state index in [0.29, 0.717) is 51.1 Å². The molecule has 286 valence electrons. The number of carbonyl (C=O) groups is 2. The summed E-state index contributed by atoms with van der Waals surface area (Å²) in [6.45, 7) is 16.6. The maximum Gasteiger partial charge on any atom is 0.410 e. The highest BCUT2D eigenvalue weighted by Gasteiger charge is 2.55. The summed E-state index contributed by atoms with van der Waals surface area (Å²) in [5, 5.41) is 3.79. The van der Waals surface area contributed by atoms with Crippen LogP contribution in [-0.4, -0.2) is 96.9 Å². The highest BCUT2D eigenvalue weighted by Crippen LogP contribution is 2.49. The van der Waals surface area contributed by atoms with Gasteiger partial charge in [-0.05, 0) is 91.8 Å². The van der Waals surface area contributed by atoms with Crippen molar-refractivity contribution in [3.63, 3.8) is 0 Å². The van der Waals surface area contributed by atoms with E-state index in [1.807, 2.05) is 91.1 Å². The second-order valence-electron chi connectivity index (χ2n) is 16.3. The van der Waals surface area contributed by atoms with Gasteiger partial charge in [0.15, 0.2) is 5.79 Å². The third-order valence-electron chi connectivity index (χ3n) is 9.24. The number of amides is 2. The Morgan fingerprint density at radius 1 is 0.962 bits per heavy atom. The van der Waals surface area contributed by atoms with E-state index in [2.05, 4.69) is 25.7 Å². The molecule has 1 aromatic carbocycles. The molecular weight excluding hydrogens is 716 g/mol. The molecule has 1 saturated carbocycles. The standard InChI is InChI=1S/C39H51ClN6O6S/c1-37(2,3)51-35(47)44(19-15-25-13-10-9-11-14-25)17-12-18-45(36(48)52-38(4,5)6)23-26-21-29(31-30(26)49-39(7,8)50-31)46-24-28(33-41-16-20-53-33)27-22-42-34(40)43-32(27)46/h9-11,13-14,16,20,22,24,26,29-31H,12,15,17-19,21,23H2,1-8H3/t26-,29-,30-,31+/m1/s1. The van der Waals surface area contributed by atoms with E-state index in [1.165, 1.54) is 0 Å². The van der Waals surface area contributed by atoms with E-state index in [-0.39, 0.29) is 35.5 Å². The van der Waals surface area contributed by atoms with Crippen molar-refractivity contribution >= 4 is 46.2 Å². The van der Waals surface area contributed by atoms with Crippen LogP contribution in [0.15, 0.2) is 54.3 Å². The van der Waals surface area contributed by atoms with Crippen LogP contribution < -0.4 is 0 Å². The van der Waals surface area contributed by atoms with Crippen LogP contribution in [0.4, 0.5) is 9.59 Å². The largest absolute Gasteiger partial charge is 0.444 e. The van der Waals surface area contributed by atoms with Crippen LogP contribution in [0.25, 0.3) is 21.6 Å². The minimum absolute atomic E-state index is 0.0996. The fourth-order valence-corrected chi connectivity index (χ4v) is 7.94. The van der Waals surface area contributed by atoms with E-state index < -0.39 is 23.1 Å². The summed E-state index contributed by atoms with van der Waals surface area (Å²) in [4.78, 5) is 44.2. The van der Waals surface area contributed by atoms with Gasteiger partial charge in [-0.2, -0.15) is 4.98 Å². The van der Waals surface area contributed by atoms with Crippen LogP contribution in [0.2, 0.25) is 5.28 Å².